The van der Waals surface area contributed by atoms with Gasteiger partial charge in [0.2, 0.25) is 0 Å². The molecule has 0 radical (unpaired) electrons. The molecule has 1 aromatic carbocycles. The van der Waals surface area contributed by atoms with E-state index in [0.717, 1.165) is 12.1 Å². The largest absolute Gasteiger partial charge is 0.442 e. The summed E-state index contributed by atoms with van der Waals surface area (Å²) in [4.78, 5) is 12.0. The number of benzene rings is 1. The van der Waals surface area contributed by atoms with Gasteiger partial charge in [0.05, 0.1) is 12.1 Å². The Labute approximate surface area is 135 Å². The van der Waals surface area contributed by atoms with Gasteiger partial charge in [0.15, 0.2) is 0 Å². The zero-order valence-corrected chi connectivity index (χ0v) is 13.2. The molecule has 1 N–H and O–H groups in total. The van der Waals surface area contributed by atoms with E-state index in [1.54, 1.807) is 0 Å². The zero-order valence-electron chi connectivity index (χ0n) is 13.2. The lowest BCUT2D eigenvalue weighted by Crippen LogP contribution is -2.57. The number of rotatable bonds is 1. The van der Waals surface area contributed by atoms with Crippen LogP contribution in [-0.2, 0) is 4.74 Å². The number of hydrogen-bond acceptors (Lipinski definition) is 4. The van der Waals surface area contributed by atoms with Crippen molar-refractivity contribution in [2.45, 2.75) is 44.7 Å². The van der Waals surface area contributed by atoms with E-state index in [1.807, 2.05) is 0 Å². The van der Waals surface area contributed by atoms with Gasteiger partial charge in [0.1, 0.15) is 11.4 Å². The Hall–Kier alpha value is -2.16. The Bertz CT molecular complexity index is 665. The number of carbonyl (C=O) groups excluding carboxylic acids is 1. The summed E-state index contributed by atoms with van der Waals surface area (Å²) in [6, 6.07) is 4.51. The molecule has 0 saturated carbocycles. The predicted molar refractivity (Wildman–Crippen MR) is 76.6 cm³/mol. The van der Waals surface area contributed by atoms with E-state index in [2.05, 4.69) is 5.10 Å². The monoisotopic (exact) mass is 348 g/mol. The second-order valence-corrected chi connectivity index (χ2v) is 6.34. The van der Waals surface area contributed by atoms with Crippen molar-refractivity contribution in [3.05, 3.63) is 35.6 Å². The van der Waals surface area contributed by atoms with Crippen LogP contribution >= 0.6 is 0 Å². The van der Waals surface area contributed by atoms with Crippen molar-refractivity contribution in [2.75, 3.05) is 0 Å². The van der Waals surface area contributed by atoms with Gasteiger partial charge in [-0.1, -0.05) is 12.1 Å². The summed E-state index contributed by atoms with van der Waals surface area (Å²) >= 11 is 0. The molecule has 132 valence electrons. The van der Waals surface area contributed by atoms with Crippen LogP contribution in [0.1, 0.15) is 32.8 Å². The number of ether oxygens (including phenoxy) is 1. The quantitative estimate of drug-likeness (QED) is 0.791. The third-order valence-corrected chi connectivity index (χ3v) is 3.18. The van der Waals surface area contributed by atoms with Crippen molar-refractivity contribution in [2.24, 2.45) is 5.10 Å². The van der Waals surface area contributed by atoms with Crippen LogP contribution < -0.4 is 0 Å². The molecule has 1 amide bonds. The Balaban J connectivity index is 2.41. The summed E-state index contributed by atoms with van der Waals surface area (Å²) in [5.74, 6) is -0.576. The minimum Gasteiger partial charge on any atom is -0.442 e. The Kier molecular flexibility index (Phi) is 4.34. The molecule has 0 fully saturated rings. The van der Waals surface area contributed by atoms with E-state index < -0.39 is 35.8 Å². The highest BCUT2D eigenvalue weighted by atomic mass is 19.4. The van der Waals surface area contributed by atoms with E-state index in [0.29, 0.717) is 0 Å². The second kappa shape index (κ2) is 5.73. The molecule has 0 unspecified atom stereocenters. The lowest BCUT2D eigenvalue weighted by Gasteiger charge is -2.33. The van der Waals surface area contributed by atoms with Crippen molar-refractivity contribution in [3.8, 4) is 0 Å². The SMILES string of the molecule is CC(C)(C)OC(=O)N1N=C(c2ccc(F)cc2)C[C@]1(O)C(F)(F)F. The molecule has 9 heteroatoms. The maximum absolute atomic E-state index is 13.3. The lowest BCUT2D eigenvalue weighted by atomic mass is 10.0. The average molecular weight is 348 g/mol. The number of carbonyl (C=O) groups is 1. The molecule has 1 heterocycles. The zero-order chi connectivity index (χ0) is 18.3. The third kappa shape index (κ3) is 3.50. The molecule has 0 spiro atoms. The maximum Gasteiger partial charge on any atom is 0.439 e. The highest BCUT2D eigenvalue weighted by Gasteiger charge is 2.64. The molecule has 5 nitrogen and oxygen atoms in total. The maximum atomic E-state index is 13.3. The van der Waals surface area contributed by atoms with E-state index >= 15 is 0 Å². The van der Waals surface area contributed by atoms with Crippen LogP contribution in [0.5, 0.6) is 0 Å². The first-order valence-electron chi connectivity index (χ1n) is 6.99. The molecule has 24 heavy (non-hydrogen) atoms. The van der Waals surface area contributed by atoms with E-state index in [-0.39, 0.29) is 16.3 Å². The summed E-state index contributed by atoms with van der Waals surface area (Å²) in [6.07, 6.45) is -7.57. The summed E-state index contributed by atoms with van der Waals surface area (Å²) < 4.78 is 57.8. The number of aliphatic hydroxyl groups is 1. The summed E-state index contributed by atoms with van der Waals surface area (Å²) in [6.45, 7) is 4.41. The van der Waals surface area contributed by atoms with E-state index in [4.69, 9.17) is 4.74 Å². The van der Waals surface area contributed by atoms with Crippen molar-refractivity contribution in [1.29, 1.82) is 0 Å². The van der Waals surface area contributed by atoms with Crippen LogP contribution in [0.4, 0.5) is 22.4 Å². The molecule has 0 bridgehead atoms. The molecular formula is C15H16F4N2O3. The fourth-order valence-electron chi connectivity index (χ4n) is 2.07. The molecule has 1 aliphatic rings. The minimum absolute atomic E-state index is 0.114. The van der Waals surface area contributed by atoms with Gasteiger partial charge in [-0.15, -0.1) is 0 Å². The van der Waals surface area contributed by atoms with Crippen LogP contribution in [-0.4, -0.2) is 39.4 Å². The van der Waals surface area contributed by atoms with Gasteiger partial charge in [0.25, 0.3) is 5.72 Å². The normalized spacial score (nSPS) is 21.7. The molecular weight excluding hydrogens is 332 g/mol. The fourth-order valence-corrected chi connectivity index (χ4v) is 2.07. The first-order valence-corrected chi connectivity index (χ1v) is 6.99. The molecule has 0 aromatic heterocycles. The smallest absolute Gasteiger partial charge is 0.439 e. The minimum atomic E-state index is -5.16. The van der Waals surface area contributed by atoms with Gasteiger partial charge in [-0.2, -0.15) is 23.3 Å². The number of hydrogen-bond donors (Lipinski definition) is 1. The summed E-state index contributed by atoms with van der Waals surface area (Å²) in [5, 5.41) is 13.5. The van der Waals surface area contributed by atoms with Gasteiger partial charge in [-0.3, -0.25) is 0 Å². The second-order valence-electron chi connectivity index (χ2n) is 6.34. The van der Waals surface area contributed by atoms with Crippen LogP contribution in [0, 0.1) is 5.82 Å². The Morgan fingerprint density at radius 3 is 2.25 bits per heavy atom. The van der Waals surface area contributed by atoms with Crippen LogP contribution in [0.25, 0.3) is 0 Å². The number of alkyl halides is 3. The number of nitrogens with zero attached hydrogens (tertiary/aromatic N) is 2. The predicted octanol–water partition coefficient (Wildman–Crippen LogP) is 3.42. The van der Waals surface area contributed by atoms with Crippen molar-refractivity contribution in [3.63, 3.8) is 0 Å². The molecule has 0 aliphatic carbocycles. The van der Waals surface area contributed by atoms with Crippen LogP contribution in [0.3, 0.4) is 0 Å². The first-order chi connectivity index (χ1) is 10.8. The molecule has 0 saturated heterocycles. The van der Waals surface area contributed by atoms with E-state index in [9.17, 15) is 27.5 Å². The van der Waals surface area contributed by atoms with Crippen molar-refractivity contribution < 1.29 is 32.2 Å². The topological polar surface area (TPSA) is 62.1 Å². The lowest BCUT2D eigenvalue weighted by molar-refractivity contribution is -0.300. The van der Waals surface area contributed by atoms with Gasteiger partial charge >= 0.3 is 12.3 Å². The van der Waals surface area contributed by atoms with Gasteiger partial charge < -0.3 is 9.84 Å². The average Bonchev–Trinajstić information content (AvgIpc) is 2.76. The summed E-state index contributed by atoms with van der Waals surface area (Å²) in [7, 11) is 0. The molecule has 2 rings (SSSR count). The summed E-state index contributed by atoms with van der Waals surface area (Å²) in [5.41, 5.74) is -4.65. The van der Waals surface area contributed by atoms with Crippen molar-refractivity contribution in [1.82, 2.24) is 5.01 Å². The van der Waals surface area contributed by atoms with E-state index in [1.165, 1.54) is 32.9 Å². The number of halogens is 4. The third-order valence-electron chi connectivity index (χ3n) is 3.18. The van der Waals surface area contributed by atoms with Gasteiger partial charge in [-0.05, 0) is 38.5 Å². The Morgan fingerprint density at radius 2 is 1.79 bits per heavy atom. The highest BCUT2D eigenvalue weighted by Crippen LogP contribution is 2.41. The van der Waals surface area contributed by atoms with Crippen LogP contribution in [0.15, 0.2) is 29.4 Å². The standard InChI is InChI=1S/C15H16F4N2O3/c1-13(2,3)24-12(22)21-14(23,15(17,18)19)8-11(20-21)9-4-6-10(16)7-5-9/h4-7,23H,8H2,1-3H3/t14-/m0/s1. The first kappa shape index (κ1) is 18.2. The molecule has 1 aliphatic heterocycles. The van der Waals surface area contributed by atoms with Gasteiger partial charge in [0, 0.05) is 0 Å². The number of amides is 1. The molecule has 1 atom stereocenters. The number of hydrazone groups is 1. The Morgan fingerprint density at radius 1 is 1.25 bits per heavy atom. The highest BCUT2D eigenvalue weighted by molar-refractivity contribution is 6.03. The molecule has 1 aromatic rings. The van der Waals surface area contributed by atoms with Gasteiger partial charge in [-0.25, -0.2) is 9.18 Å². The van der Waals surface area contributed by atoms with Crippen LogP contribution in [0.2, 0.25) is 0 Å². The fraction of sp³-hybridized carbons (Fsp3) is 0.467. The van der Waals surface area contributed by atoms with Crippen molar-refractivity contribution >= 4 is 11.8 Å².